The molecule has 0 aliphatic rings. The zero-order valence-corrected chi connectivity index (χ0v) is 10.6. The summed E-state index contributed by atoms with van der Waals surface area (Å²) in [6.45, 7) is 5.51. The molecular formula is C10H13F3N2OS. The van der Waals surface area contributed by atoms with Gasteiger partial charge < -0.3 is 0 Å². The molecule has 0 fully saturated rings. The van der Waals surface area contributed by atoms with Crippen molar-refractivity contribution in [3.8, 4) is 0 Å². The Bertz CT molecular complexity index is 406. The second-order valence-electron chi connectivity index (χ2n) is 4.74. The number of carbonyl (C=O) groups is 1. The minimum atomic E-state index is -4.31. The number of carbonyl (C=O) groups excluding carboxylic acids is 1. The van der Waals surface area contributed by atoms with Gasteiger partial charge in [-0.05, 0) is 11.5 Å². The van der Waals surface area contributed by atoms with E-state index >= 15 is 0 Å². The molecule has 0 saturated heterocycles. The largest absolute Gasteiger partial charge is 0.389 e. The molecule has 0 aliphatic heterocycles. The van der Waals surface area contributed by atoms with Gasteiger partial charge in [-0.3, -0.25) is 4.79 Å². The van der Waals surface area contributed by atoms with Crippen LogP contribution in [0.2, 0.25) is 0 Å². The summed E-state index contributed by atoms with van der Waals surface area (Å²) in [5, 5.41) is 3.82. The molecule has 0 spiro atoms. The molecule has 1 aromatic heterocycles. The summed E-state index contributed by atoms with van der Waals surface area (Å²) in [5.41, 5.74) is 0.0747. The van der Waals surface area contributed by atoms with Gasteiger partial charge in [-0.1, -0.05) is 25.3 Å². The number of alkyl halides is 3. The lowest BCUT2D eigenvalue weighted by Crippen LogP contribution is -2.17. The molecule has 7 heteroatoms. The molecule has 96 valence electrons. The highest BCUT2D eigenvalue weighted by molar-refractivity contribution is 7.08. The standard InChI is InChI=1S/C10H13F3N2OS/c1-9(2,3)8-7(17-15-14-8)6(16)4-5-10(11,12)13/h4-5H2,1-3H3. The second-order valence-corrected chi connectivity index (χ2v) is 5.49. The summed E-state index contributed by atoms with van der Waals surface area (Å²) in [6, 6.07) is 0. The fourth-order valence-corrected chi connectivity index (χ4v) is 2.07. The first-order valence-electron chi connectivity index (χ1n) is 5.04. The summed E-state index contributed by atoms with van der Waals surface area (Å²) in [7, 11) is 0. The summed E-state index contributed by atoms with van der Waals surface area (Å²) in [6.07, 6.45) is -5.96. The summed E-state index contributed by atoms with van der Waals surface area (Å²) >= 11 is 0.857. The predicted octanol–water partition coefficient (Wildman–Crippen LogP) is 3.36. The first-order valence-corrected chi connectivity index (χ1v) is 5.81. The Morgan fingerprint density at radius 3 is 2.35 bits per heavy atom. The molecular weight excluding hydrogens is 253 g/mol. The van der Waals surface area contributed by atoms with Crippen LogP contribution in [-0.4, -0.2) is 21.5 Å². The second kappa shape index (κ2) is 4.72. The van der Waals surface area contributed by atoms with E-state index in [0.717, 1.165) is 11.5 Å². The fraction of sp³-hybridized carbons (Fsp3) is 0.700. The van der Waals surface area contributed by atoms with Crippen LogP contribution >= 0.6 is 11.5 Å². The molecule has 0 N–H and O–H groups in total. The van der Waals surface area contributed by atoms with Crippen molar-refractivity contribution in [2.24, 2.45) is 0 Å². The van der Waals surface area contributed by atoms with Crippen LogP contribution in [0.5, 0.6) is 0 Å². The lowest BCUT2D eigenvalue weighted by Gasteiger charge is -2.16. The number of hydrogen-bond acceptors (Lipinski definition) is 4. The van der Waals surface area contributed by atoms with E-state index < -0.39 is 30.2 Å². The lowest BCUT2D eigenvalue weighted by molar-refractivity contribution is -0.133. The van der Waals surface area contributed by atoms with Gasteiger partial charge in [-0.15, -0.1) is 5.10 Å². The van der Waals surface area contributed by atoms with Crippen molar-refractivity contribution < 1.29 is 18.0 Å². The molecule has 1 rings (SSSR count). The third-order valence-corrected chi connectivity index (χ3v) is 2.85. The maximum atomic E-state index is 12.0. The van der Waals surface area contributed by atoms with E-state index in [2.05, 4.69) is 9.59 Å². The van der Waals surface area contributed by atoms with E-state index in [0.29, 0.717) is 5.69 Å². The summed E-state index contributed by atoms with van der Waals surface area (Å²) in [4.78, 5) is 11.9. The van der Waals surface area contributed by atoms with Gasteiger partial charge in [-0.2, -0.15) is 13.2 Å². The number of rotatable bonds is 3. The highest BCUT2D eigenvalue weighted by Gasteiger charge is 2.31. The molecule has 0 radical (unpaired) electrons. The number of nitrogens with zero attached hydrogens (tertiary/aromatic N) is 2. The topological polar surface area (TPSA) is 42.9 Å². The van der Waals surface area contributed by atoms with Crippen molar-refractivity contribution in [1.82, 2.24) is 9.59 Å². The van der Waals surface area contributed by atoms with Crippen LogP contribution in [0.15, 0.2) is 0 Å². The Labute approximate surface area is 101 Å². The maximum Gasteiger partial charge on any atom is 0.389 e. The van der Waals surface area contributed by atoms with Gasteiger partial charge in [0.2, 0.25) is 0 Å². The minimum Gasteiger partial charge on any atom is -0.293 e. The Kier molecular flexibility index (Phi) is 3.91. The summed E-state index contributed by atoms with van der Waals surface area (Å²) in [5.74, 6) is -0.540. The normalized spacial score (nSPS) is 12.8. The number of aromatic nitrogens is 2. The smallest absolute Gasteiger partial charge is 0.293 e. The van der Waals surface area contributed by atoms with E-state index in [1.807, 2.05) is 20.8 Å². The molecule has 0 unspecified atom stereocenters. The average molecular weight is 266 g/mol. The minimum absolute atomic E-state index is 0.238. The monoisotopic (exact) mass is 266 g/mol. The molecule has 0 atom stereocenters. The highest BCUT2D eigenvalue weighted by Crippen LogP contribution is 2.28. The third kappa shape index (κ3) is 4.07. The molecule has 17 heavy (non-hydrogen) atoms. The van der Waals surface area contributed by atoms with Crippen molar-refractivity contribution >= 4 is 17.3 Å². The molecule has 1 aromatic rings. The first-order chi connectivity index (χ1) is 7.61. The highest BCUT2D eigenvalue weighted by atomic mass is 32.1. The molecule has 0 aromatic carbocycles. The lowest BCUT2D eigenvalue weighted by atomic mass is 9.90. The average Bonchev–Trinajstić information content (AvgIpc) is 2.60. The van der Waals surface area contributed by atoms with Gasteiger partial charge in [0, 0.05) is 11.8 Å². The van der Waals surface area contributed by atoms with Gasteiger partial charge >= 0.3 is 6.18 Å². The van der Waals surface area contributed by atoms with E-state index in [1.54, 1.807) is 0 Å². The zero-order chi connectivity index (χ0) is 13.3. The van der Waals surface area contributed by atoms with Crippen LogP contribution in [0, 0.1) is 0 Å². The van der Waals surface area contributed by atoms with Crippen LogP contribution in [-0.2, 0) is 5.41 Å². The van der Waals surface area contributed by atoms with Crippen LogP contribution in [0.25, 0.3) is 0 Å². The van der Waals surface area contributed by atoms with E-state index in [-0.39, 0.29) is 4.88 Å². The molecule has 3 nitrogen and oxygen atoms in total. The number of ketones is 1. The van der Waals surface area contributed by atoms with Crippen LogP contribution in [0.3, 0.4) is 0 Å². The van der Waals surface area contributed by atoms with Gasteiger partial charge in [0.25, 0.3) is 0 Å². The molecule has 0 aliphatic carbocycles. The first kappa shape index (κ1) is 14.1. The number of hydrogen-bond donors (Lipinski definition) is 0. The van der Waals surface area contributed by atoms with Gasteiger partial charge in [0.05, 0.1) is 12.1 Å². The van der Waals surface area contributed by atoms with E-state index in [4.69, 9.17) is 0 Å². The van der Waals surface area contributed by atoms with E-state index in [1.165, 1.54) is 0 Å². The Morgan fingerprint density at radius 2 is 1.88 bits per heavy atom. The molecule has 0 amide bonds. The van der Waals surface area contributed by atoms with Crippen molar-refractivity contribution in [2.75, 3.05) is 0 Å². The van der Waals surface area contributed by atoms with Crippen molar-refractivity contribution in [3.05, 3.63) is 10.6 Å². The number of Topliss-reactive ketones (excluding diaryl/α,β-unsaturated/α-hetero) is 1. The third-order valence-electron chi connectivity index (χ3n) is 2.09. The molecule has 1 heterocycles. The van der Waals surface area contributed by atoms with Gasteiger partial charge in [0.1, 0.15) is 4.88 Å². The predicted molar refractivity (Wildman–Crippen MR) is 58.2 cm³/mol. The summed E-state index contributed by atoms with van der Waals surface area (Å²) < 4.78 is 39.7. The zero-order valence-electron chi connectivity index (χ0n) is 9.76. The molecule has 0 saturated carbocycles. The Hall–Kier alpha value is -0.980. The van der Waals surface area contributed by atoms with Gasteiger partial charge in [0.15, 0.2) is 5.78 Å². The quantitative estimate of drug-likeness (QED) is 0.788. The van der Waals surface area contributed by atoms with Crippen molar-refractivity contribution in [3.63, 3.8) is 0 Å². The van der Waals surface area contributed by atoms with Gasteiger partial charge in [-0.25, -0.2) is 0 Å². The molecule has 0 bridgehead atoms. The van der Waals surface area contributed by atoms with Crippen LogP contribution in [0.1, 0.15) is 49.0 Å². The number of halogens is 3. The van der Waals surface area contributed by atoms with Crippen LogP contribution < -0.4 is 0 Å². The fourth-order valence-electron chi connectivity index (χ4n) is 1.23. The SMILES string of the molecule is CC(C)(C)c1nnsc1C(=O)CCC(F)(F)F. The van der Waals surface area contributed by atoms with Crippen molar-refractivity contribution in [1.29, 1.82) is 0 Å². The van der Waals surface area contributed by atoms with E-state index in [9.17, 15) is 18.0 Å². The Morgan fingerprint density at radius 1 is 1.29 bits per heavy atom. The van der Waals surface area contributed by atoms with Crippen molar-refractivity contribution in [2.45, 2.75) is 45.2 Å². The maximum absolute atomic E-state index is 12.0. The van der Waals surface area contributed by atoms with Crippen LogP contribution in [0.4, 0.5) is 13.2 Å². The Balaban J connectivity index is 2.81.